The SMILES string of the molecule is COc1ccc2ncc(Cl)c([C@H](F)CCC3([C@@H](O)CCNc4cc(F)c(F)c(F)c4)CCNCC3)c2c1. The zero-order valence-corrected chi connectivity index (χ0v) is 21.2. The minimum atomic E-state index is -1.53. The molecule has 200 valence electrons. The van der Waals surface area contributed by atoms with Crippen LogP contribution in [-0.2, 0) is 0 Å². The van der Waals surface area contributed by atoms with Crippen LogP contribution in [0.15, 0.2) is 36.5 Å². The van der Waals surface area contributed by atoms with Gasteiger partial charge in [-0.15, -0.1) is 0 Å². The zero-order chi connectivity index (χ0) is 26.6. The van der Waals surface area contributed by atoms with Crippen LogP contribution in [0, 0.1) is 22.9 Å². The summed E-state index contributed by atoms with van der Waals surface area (Å²) in [7, 11) is 1.53. The van der Waals surface area contributed by atoms with E-state index in [9.17, 15) is 18.3 Å². The Morgan fingerprint density at radius 3 is 2.51 bits per heavy atom. The van der Waals surface area contributed by atoms with Crippen molar-refractivity contribution >= 4 is 28.2 Å². The third-order valence-electron chi connectivity index (χ3n) is 7.31. The molecule has 37 heavy (non-hydrogen) atoms. The predicted octanol–water partition coefficient (Wildman–Crippen LogP) is 6.34. The van der Waals surface area contributed by atoms with Gasteiger partial charge in [-0.05, 0) is 68.8 Å². The van der Waals surface area contributed by atoms with Crippen LogP contribution >= 0.6 is 11.6 Å². The molecule has 10 heteroatoms. The van der Waals surface area contributed by atoms with Crippen molar-refractivity contribution in [1.82, 2.24) is 10.3 Å². The number of nitrogens with zero attached hydrogens (tertiary/aromatic N) is 1. The molecule has 2 aromatic carbocycles. The molecule has 1 aliphatic heterocycles. The van der Waals surface area contributed by atoms with Gasteiger partial charge in [0.05, 0.1) is 23.8 Å². The first-order valence-corrected chi connectivity index (χ1v) is 12.7. The maximum Gasteiger partial charge on any atom is 0.194 e. The first kappa shape index (κ1) is 27.4. The average molecular weight is 540 g/mol. The second-order valence-electron chi connectivity index (χ2n) is 9.51. The number of alkyl halides is 1. The highest BCUT2D eigenvalue weighted by molar-refractivity contribution is 6.32. The van der Waals surface area contributed by atoms with Crippen LogP contribution in [0.2, 0.25) is 5.02 Å². The van der Waals surface area contributed by atoms with Crippen molar-refractivity contribution in [2.24, 2.45) is 5.41 Å². The number of hydrogen-bond acceptors (Lipinski definition) is 5. The highest BCUT2D eigenvalue weighted by Gasteiger charge is 2.39. The highest BCUT2D eigenvalue weighted by atomic mass is 35.5. The number of ether oxygens (including phenoxy) is 1. The molecule has 5 nitrogen and oxygen atoms in total. The number of rotatable bonds is 10. The minimum absolute atomic E-state index is 0.0846. The molecule has 2 atom stereocenters. The molecule has 1 fully saturated rings. The lowest BCUT2D eigenvalue weighted by atomic mass is 9.69. The molecule has 0 amide bonds. The number of nitrogens with one attached hydrogen (secondary N) is 2. The second-order valence-corrected chi connectivity index (χ2v) is 9.91. The quantitative estimate of drug-likeness (QED) is 0.207. The van der Waals surface area contributed by atoms with Gasteiger partial charge in [0.15, 0.2) is 17.5 Å². The van der Waals surface area contributed by atoms with Crippen molar-refractivity contribution in [3.05, 3.63) is 64.6 Å². The number of methoxy groups -OCH3 is 1. The van der Waals surface area contributed by atoms with Gasteiger partial charge < -0.3 is 20.5 Å². The molecule has 2 heterocycles. The van der Waals surface area contributed by atoms with Gasteiger partial charge in [-0.3, -0.25) is 4.98 Å². The van der Waals surface area contributed by atoms with Gasteiger partial charge in [0.2, 0.25) is 0 Å². The molecule has 1 saturated heterocycles. The maximum atomic E-state index is 15.8. The normalized spacial score (nSPS) is 16.9. The van der Waals surface area contributed by atoms with E-state index in [4.69, 9.17) is 16.3 Å². The van der Waals surface area contributed by atoms with Crippen molar-refractivity contribution in [3.8, 4) is 5.75 Å². The molecular formula is C27H30ClF4N3O2. The summed E-state index contributed by atoms with van der Waals surface area (Å²) in [6.07, 6.45) is 1.42. The third kappa shape index (κ3) is 6.10. The number of piperidine rings is 1. The van der Waals surface area contributed by atoms with E-state index in [1.165, 1.54) is 13.3 Å². The second kappa shape index (κ2) is 11.8. The van der Waals surface area contributed by atoms with Crippen molar-refractivity contribution in [1.29, 1.82) is 0 Å². The monoisotopic (exact) mass is 539 g/mol. The average Bonchev–Trinajstić information content (AvgIpc) is 2.90. The molecular weight excluding hydrogens is 510 g/mol. The van der Waals surface area contributed by atoms with E-state index in [2.05, 4.69) is 15.6 Å². The van der Waals surface area contributed by atoms with Crippen LogP contribution in [0.1, 0.15) is 43.8 Å². The summed E-state index contributed by atoms with van der Waals surface area (Å²) in [5.41, 5.74) is 0.510. The lowest BCUT2D eigenvalue weighted by Crippen LogP contribution is -2.45. The Bertz CT molecular complexity index is 1220. The number of fused-ring (bicyclic) bond motifs is 1. The molecule has 0 spiro atoms. The van der Waals surface area contributed by atoms with Gasteiger partial charge in [0, 0.05) is 41.5 Å². The summed E-state index contributed by atoms with van der Waals surface area (Å²) >= 11 is 6.38. The minimum Gasteiger partial charge on any atom is -0.497 e. The van der Waals surface area contributed by atoms with Crippen LogP contribution in [-0.4, -0.2) is 42.9 Å². The number of aliphatic hydroxyl groups is 1. The van der Waals surface area contributed by atoms with Crippen molar-refractivity contribution in [2.45, 2.75) is 44.4 Å². The Morgan fingerprint density at radius 1 is 1.14 bits per heavy atom. The molecule has 1 aromatic heterocycles. The highest BCUT2D eigenvalue weighted by Crippen LogP contribution is 2.43. The number of pyridine rings is 1. The lowest BCUT2D eigenvalue weighted by molar-refractivity contribution is -0.0139. The van der Waals surface area contributed by atoms with E-state index < -0.39 is 35.1 Å². The maximum absolute atomic E-state index is 15.8. The summed E-state index contributed by atoms with van der Waals surface area (Å²) in [6.45, 7) is 1.58. The van der Waals surface area contributed by atoms with Gasteiger partial charge >= 0.3 is 0 Å². The van der Waals surface area contributed by atoms with E-state index in [1.807, 2.05) is 0 Å². The topological polar surface area (TPSA) is 66.4 Å². The predicted molar refractivity (Wildman–Crippen MR) is 136 cm³/mol. The number of hydrogen-bond donors (Lipinski definition) is 3. The molecule has 3 aromatic rings. The van der Waals surface area contributed by atoms with Crippen LogP contribution in [0.25, 0.3) is 10.9 Å². The van der Waals surface area contributed by atoms with Crippen molar-refractivity contribution in [2.75, 3.05) is 32.1 Å². The molecule has 4 rings (SSSR count). The standard InChI is InChI=1S/C27H30ClF4N3O2/c1-37-17-2-3-23-18(14-17)25(19(28)15-35-23)20(29)4-6-27(7-10-33-11-8-27)24(36)5-9-34-16-12-21(30)26(32)22(31)13-16/h2-3,12-15,20,24,33-34,36H,4-11H2,1H3/t20-,24+/m1/s1. The fourth-order valence-corrected chi connectivity index (χ4v) is 5.43. The van der Waals surface area contributed by atoms with Crippen LogP contribution in [0.5, 0.6) is 5.75 Å². The van der Waals surface area contributed by atoms with Gasteiger partial charge in [-0.1, -0.05) is 11.6 Å². The van der Waals surface area contributed by atoms with E-state index in [-0.39, 0.29) is 30.1 Å². The Kier molecular flexibility index (Phi) is 8.77. The van der Waals surface area contributed by atoms with E-state index in [0.717, 1.165) is 12.1 Å². The smallest absolute Gasteiger partial charge is 0.194 e. The Labute approximate surface area is 218 Å². The molecule has 0 aliphatic carbocycles. The largest absolute Gasteiger partial charge is 0.497 e. The van der Waals surface area contributed by atoms with Gasteiger partial charge in [0.25, 0.3) is 0 Å². The first-order valence-electron chi connectivity index (χ1n) is 12.3. The van der Waals surface area contributed by atoms with E-state index in [0.29, 0.717) is 54.6 Å². The summed E-state index contributed by atoms with van der Waals surface area (Å²) in [5.74, 6) is -3.53. The molecule has 0 saturated carbocycles. The number of aromatic nitrogens is 1. The summed E-state index contributed by atoms with van der Waals surface area (Å²) < 4.78 is 61.2. The number of benzene rings is 2. The summed E-state index contributed by atoms with van der Waals surface area (Å²) in [4.78, 5) is 4.29. The van der Waals surface area contributed by atoms with Crippen molar-refractivity contribution in [3.63, 3.8) is 0 Å². The summed E-state index contributed by atoms with van der Waals surface area (Å²) in [5, 5.41) is 18.1. The van der Waals surface area contributed by atoms with Gasteiger partial charge in [0.1, 0.15) is 11.9 Å². The summed E-state index contributed by atoms with van der Waals surface area (Å²) in [6, 6.07) is 6.97. The Morgan fingerprint density at radius 2 is 1.84 bits per heavy atom. The molecule has 1 aliphatic rings. The van der Waals surface area contributed by atoms with Gasteiger partial charge in [-0.25, -0.2) is 17.6 Å². The number of halogens is 5. The number of anilines is 1. The fraction of sp³-hybridized carbons (Fsp3) is 0.444. The van der Waals surface area contributed by atoms with Crippen LogP contribution in [0.4, 0.5) is 23.2 Å². The zero-order valence-electron chi connectivity index (χ0n) is 20.5. The molecule has 0 bridgehead atoms. The molecule has 0 unspecified atom stereocenters. The van der Waals surface area contributed by atoms with Crippen LogP contribution < -0.4 is 15.4 Å². The Hall–Kier alpha value is -2.62. The van der Waals surface area contributed by atoms with E-state index >= 15 is 4.39 Å². The van der Waals surface area contributed by atoms with Gasteiger partial charge in [-0.2, -0.15) is 0 Å². The Balaban J connectivity index is 1.46. The van der Waals surface area contributed by atoms with E-state index in [1.54, 1.807) is 18.2 Å². The lowest BCUT2D eigenvalue weighted by Gasteiger charge is -2.42. The first-order chi connectivity index (χ1) is 17.7. The molecule has 0 radical (unpaired) electrons. The fourth-order valence-electron chi connectivity index (χ4n) is 5.16. The molecule has 3 N–H and O–H groups in total. The van der Waals surface area contributed by atoms with Crippen LogP contribution in [0.3, 0.4) is 0 Å². The third-order valence-corrected chi connectivity index (χ3v) is 7.62. The van der Waals surface area contributed by atoms with Crippen molar-refractivity contribution < 1.29 is 27.4 Å². The number of aliphatic hydroxyl groups excluding tert-OH is 1.